The Labute approximate surface area is 95.9 Å². The first-order valence-corrected chi connectivity index (χ1v) is 6.23. The number of anilines is 1. The van der Waals surface area contributed by atoms with Gasteiger partial charge in [0.1, 0.15) is 0 Å². The third-order valence-corrected chi connectivity index (χ3v) is 3.40. The molecule has 2 aromatic rings. The molecule has 0 radical (unpaired) electrons. The van der Waals surface area contributed by atoms with E-state index in [4.69, 9.17) is 0 Å². The first-order valence-electron chi connectivity index (χ1n) is 4.98. The molecule has 0 atom stereocenters. The Balaban J connectivity index is 2.77. The SMILES string of the molecule is CN(C)c1ccc(P(O)O)c2ccccc12. The molecule has 84 valence electrons. The third-order valence-electron chi connectivity index (χ3n) is 2.58. The van der Waals surface area contributed by atoms with Crippen LogP contribution in [0, 0.1) is 0 Å². The minimum Gasteiger partial charge on any atom is -0.377 e. The summed E-state index contributed by atoms with van der Waals surface area (Å²) in [5.41, 5.74) is 1.08. The quantitative estimate of drug-likeness (QED) is 0.780. The minimum atomic E-state index is -2.05. The van der Waals surface area contributed by atoms with E-state index in [1.54, 1.807) is 6.07 Å². The lowest BCUT2D eigenvalue weighted by atomic mass is 10.1. The van der Waals surface area contributed by atoms with Gasteiger partial charge in [0.2, 0.25) is 0 Å². The first-order chi connectivity index (χ1) is 7.61. The van der Waals surface area contributed by atoms with E-state index < -0.39 is 8.38 Å². The lowest BCUT2D eigenvalue weighted by Crippen LogP contribution is -2.11. The molecular weight excluding hydrogens is 221 g/mol. The van der Waals surface area contributed by atoms with Gasteiger partial charge in [-0.05, 0) is 17.5 Å². The van der Waals surface area contributed by atoms with E-state index in [0.717, 1.165) is 16.5 Å². The highest BCUT2D eigenvalue weighted by Gasteiger charge is 2.11. The highest BCUT2D eigenvalue weighted by atomic mass is 31.2. The lowest BCUT2D eigenvalue weighted by molar-refractivity contribution is 0.497. The highest BCUT2D eigenvalue weighted by Crippen LogP contribution is 2.31. The van der Waals surface area contributed by atoms with E-state index in [1.807, 2.05) is 49.3 Å². The second-order valence-electron chi connectivity index (χ2n) is 3.83. The smallest absolute Gasteiger partial charge is 0.200 e. The summed E-state index contributed by atoms with van der Waals surface area (Å²) in [5.74, 6) is 0. The molecule has 0 fully saturated rings. The molecule has 0 saturated carbocycles. The number of benzene rings is 2. The summed E-state index contributed by atoms with van der Waals surface area (Å²) in [6.07, 6.45) is 0. The molecule has 0 heterocycles. The summed E-state index contributed by atoms with van der Waals surface area (Å²) in [5, 5.41) is 2.56. The zero-order chi connectivity index (χ0) is 11.7. The van der Waals surface area contributed by atoms with Crippen molar-refractivity contribution < 1.29 is 9.79 Å². The van der Waals surface area contributed by atoms with Crippen LogP contribution in [0.2, 0.25) is 0 Å². The summed E-state index contributed by atoms with van der Waals surface area (Å²) in [4.78, 5) is 20.7. The van der Waals surface area contributed by atoms with Gasteiger partial charge in [0.25, 0.3) is 0 Å². The molecule has 3 nitrogen and oxygen atoms in total. The van der Waals surface area contributed by atoms with Crippen molar-refractivity contribution in [2.45, 2.75) is 0 Å². The van der Waals surface area contributed by atoms with Crippen molar-refractivity contribution in [3.05, 3.63) is 36.4 Å². The summed E-state index contributed by atoms with van der Waals surface area (Å²) in [6.45, 7) is 0. The maximum absolute atomic E-state index is 9.36. The molecule has 4 heteroatoms. The van der Waals surface area contributed by atoms with Crippen molar-refractivity contribution in [1.29, 1.82) is 0 Å². The normalized spacial score (nSPS) is 11.1. The molecule has 0 aliphatic carbocycles. The first kappa shape index (κ1) is 11.3. The van der Waals surface area contributed by atoms with Gasteiger partial charge in [-0.25, -0.2) is 0 Å². The zero-order valence-electron chi connectivity index (χ0n) is 9.25. The van der Waals surface area contributed by atoms with Gasteiger partial charge >= 0.3 is 0 Å². The summed E-state index contributed by atoms with van der Waals surface area (Å²) < 4.78 is 0. The molecule has 2 N–H and O–H groups in total. The van der Waals surface area contributed by atoms with Crippen molar-refractivity contribution in [3.8, 4) is 0 Å². The van der Waals surface area contributed by atoms with Crippen molar-refractivity contribution in [3.63, 3.8) is 0 Å². The fourth-order valence-corrected chi connectivity index (χ4v) is 2.45. The van der Waals surface area contributed by atoms with Crippen LogP contribution in [0.4, 0.5) is 5.69 Å². The number of hydrogen-bond acceptors (Lipinski definition) is 3. The topological polar surface area (TPSA) is 43.7 Å². The van der Waals surface area contributed by atoms with Crippen LogP contribution < -0.4 is 10.2 Å². The molecule has 0 unspecified atom stereocenters. The van der Waals surface area contributed by atoms with Gasteiger partial charge in [-0.1, -0.05) is 24.3 Å². The maximum atomic E-state index is 9.36. The Hall–Kier alpha value is -1.15. The van der Waals surface area contributed by atoms with Crippen molar-refractivity contribution >= 4 is 30.1 Å². The lowest BCUT2D eigenvalue weighted by Gasteiger charge is -2.17. The molecule has 16 heavy (non-hydrogen) atoms. The average Bonchev–Trinajstić information content (AvgIpc) is 2.27. The molecule has 0 aliphatic rings. The van der Waals surface area contributed by atoms with Crippen LogP contribution in [-0.2, 0) is 0 Å². The van der Waals surface area contributed by atoms with Crippen LogP contribution >= 0.6 is 8.38 Å². The summed E-state index contributed by atoms with van der Waals surface area (Å²) >= 11 is 0. The van der Waals surface area contributed by atoms with E-state index in [0.29, 0.717) is 5.30 Å². The standard InChI is InChI=1S/C12H14NO2P/c1-13(2)11-7-8-12(16(14)15)10-6-4-3-5-9(10)11/h3-8,14-15H,1-2H3. The largest absolute Gasteiger partial charge is 0.377 e. The van der Waals surface area contributed by atoms with E-state index in [9.17, 15) is 9.79 Å². The van der Waals surface area contributed by atoms with Crippen molar-refractivity contribution in [2.75, 3.05) is 19.0 Å². The highest BCUT2D eigenvalue weighted by molar-refractivity contribution is 7.54. The van der Waals surface area contributed by atoms with Crippen LogP contribution in [0.15, 0.2) is 36.4 Å². The van der Waals surface area contributed by atoms with Gasteiger partial charge in [0, 0.05) is 30.5 Å². The molecule has 0 bridgehead atoms. The Kier molecular flexibility index (Phi) is 3.10. The number of rotatable bonds is 2. The zero-order valence-corrected chi connectivity index (χ0v) is 10.1. The predicted octanol–water partition coefficient (Wildman–Crippen LogP) is 1.83. The fraction of sp³-hybridized carbons (Fsp3) is 0.167. The van der Waals surface area contributed by atoms with Crippen LogP contribution in [0.5, 0.6) is 0 Å². The average molecular weight is 235 g/mol. The van der Waals surface area contributed by atoms with Gasteiger partial charge in [0.15, 0.2) is 8.38 Å². The van der Waals surface area contributed by atoms with E-state index >= 15 is 0 Å². The molecule has 0 aliphatic heterocycles. The van der Waals surface area contributed by atoms with Gasteiger partial charge < -0.3 is 14.7 Å². The van der Waals surface area contributed by atoms with E-state index in [1.165, 1.54) is 0 Å². The van der Waals surface area contributed by atoms with Crippen molar-refractivity contribution in [2.24, 2.45) is 0 Å². The Morgan fingerprint density at radius 3 is 2.12 bits per heavy atom. The second-order valence-corrected chi connectivity index (χ2v) is 4.89. The van der Waals surface area contributed by atoms with Crippen molar-refractivity contribution in [1.82, 2.24) is 0 Å². The number of nitrogens with zero attached hydrogens (tertiary/aromatic N) is 1. The Morgan fingerprint density at radius 2 is 1.56 bits per heavy atom. The maximum Gasteiger partial charge on any atom is 0.200 e. The van der Waals surface area contributed by atoms with Gasteiger partial charge in [-0.2, -0.15) is 0 Å². The van der Waals surface area contributed by atoms with Gasteiger partial charge in [-0.3, -0.25) is 0 Å². The minimum absolute atomic E-state index is 0.608. The molecule has 0 saturated heterocycles. The van der Waals surface area contributed by atoms with E-state index in [2.05, 4.69) is 0 Å². The monoisotopic (exact) mass is 235 g/mol. The van der Waals surface area contributed by atoms with Crippen LogP contribution in [0.3, 0.4) is 0 Å². The Bertz CT molecular complexity index is 465. The molecular formula is C12H14NO2P. The van der Waals surface area contributed by atoms with Crippen LogP contribution in [0.1, 0.15) is 0 Å². The van der Waals surface area contributed by atoms with Gasteiger partial charge in [-0.15, -0.1) is 0 Å². The van der Waals surface area contributed by atoms with Crippen LogP contribution in [-0.4, -0.2) is 23.9 Å². The molecule has 0 aromatic heterocycles. The third kappa shape index (κ3) is 1.90. The Morgan fingerprint density at radius 1 is 0.938 bits per heavy atom. The second kappa shape index (κ2) is 4.38. The molecule has 0 amide bonds. The molecule has 2 aromatic carbocycles. The molecule has 0 spiro atoms. The molecule has 2 rings (SSSR count). The summed E-state index contributed by atoms with van der Waals surface area (Å²) in [6, 6.07) is 11.5. The van der Waals surface area contributed by atoms with Crippen LogP contribution in [0.25, 0.3) is 10.8 Å². The van der Waals surface area contributed by atoms with Gasteiger partial charge in [0.05, 0.1) is 0 Å². The number of hydrogen-bond donors (Lipinski definition) is 2. The summed E-state index contributed by atoms with van der Waals surface area (Å²) in [7, 11) is 1.90. The fourth-order valence-electron chi connectivity index (χ4n) is 1.83. The number of fused-ring (bicyclic) bond motifs is 1. The van der Waals surface area contributed by atoms with E-state index in [-0.39, 0.29) is 0 Å². The predicted molar refractivity (Wildman–Crippen MR) is 69.3 cm³/mol.